The van der Waals surface area contributed by atoms with Crippen molar-refractivity contribution in [3.63, 3.8) is 0 Å². The van der Waals surface area contributed by atoms with Crippen molar-refractivity contribution < 1.29 is 9.21 Å². The van der Waals surface area contributed by atoms with Crippen LogP contribution in [0.3, 0.4) is 0 Å². The third-order valence-corrected chi connectivity index (χ3v) is 3.81. The molecule has 21 heavy (non-hydrogen) atoms. The maximum atomic E-state index is 12.6. The predicted molar refractivity (Wildman–Crippen MR) is 78.6 cm³/mol. The summed E-state index contributed by atoms with van der Waals surface area (Å²) in [6.07, 6.45) is 7.81. The summed E-state index contributed by atoms with van der Waals surface area (Å²) in [5.74, 6) is -0.141. The van der Waals surface area contributed by atoms with E-state index in [0.29, 0.717) is 18.8 Å². The molecule has 3 aromatic heterocycles. The molecule has 106 valence electrons. The van der Waals surface area contributed by atoms with E-state index in [1.54, 1.807) is 35.0 Å². The minimum atomic E-state index is -0.141. The average molecular weight is 299 g/mol. The molecule has 6 heteroatoms. The molecule has 0 aliphatic rings. The van der Waals surface area contributed by atoms with Gasteiger partial charge >= 0.3 is 0 Å². The summed E-state index contributed by atoms with van der Waals surface area (Å²) in [4.78, 5) is 23.5. The molecule has 0 N–H and O–H groups in total. The smallest absolute Gasteiger partial charge is 0.274 e. The molecule has 0 atom stereocenters. The van der Waals surface area contributed by atoms with Crippen molar-refractivity contribution in [1.82, 2.24) is 14.9 Å². The second-order valence-electron chi connectivity index (χ2n) is 4.46. The van der Waals surface area contributed by atoms with Gasteiger partial charge in [-0.15, -0.1) is 11.3 Å². The lowest BCUT2D eigenvalue weighted by Crippen LogP contribution is -2.30. The number of hydrogen-bond donors (Lipinski definition) is 0. The number of nitrogens with zero attached hydrogens (tertiary/aromatic N) is 3. The molecule has 0 saturated carbocycles. The number of carbonyl (C=O) groups excluding carboxylic acids is 1. The van der Waals surface area contributed by atoms with Crippen LogP contribution in [0.2, 0.25) is 0 Å². The van der Waals surface area contributed by atoms with Crippen molar-refractivity contribution in [2.75, 3.05) is 0 Å². The van der Waals surface area contributed by atoms with Crippen LogP contribution >= 0.6 is 11.3 Å². The fourth-order valence-electron chi connectivity index (χ4n) is 1.96. The largest absolute Gasteiger partial charge is 0.472 e. The first kappa shape index (κ1) is 13.5. The molecule has 0 spiro atoms. The van der Waals surface area contributed by atoms with E-state index in [1.165, 1.54) is 12.4 Å². The Labute approximate surface area is 125 Å². The summed E-state index contributed by atoms with van der Waals surface area (Å²) < 4.78 is 5.07. The Morgan fingerprint density at radius 3 is 2.90 bits per heavy atom. The molecule has 5 nitrogen and oxygen atoms in total. The van der Waals surface area contributed by atoms with Gasteiger partial charge < -0.3 is 9.32 Å². The van der Waals surface area contributed by atoms with E-state index < -0.39 is 0 Å². The third kappa shape index (κ3) is 3.35. The molecule has 0 radical (unpaired) electrons. The lowest BCUT2D eigenvalue weighted by molar-refractivity contribution is 0.0725. The second kappa shape index (κ2) is 6.32. The van der Waals surface area contributed by atoms with E-state index in [1.807, 2.05) is 23.6 Å². The van der Waals surface area contributed by atoms with E-state index in [-0.39, 0.29) is 5.91 Å². The van der Waals surface area contributed by atoms with Crippen LogP contribution in [-0.2, 0) is 13.1 Å². The fourth-order valence-corrected chi connectivity index (χ4v) is 2.68. The predicted octanol–water partition coefficient (Wildman–Crippen LogP) is 2.97. The highest BCUT2D eigenvalue weighted by Gasteiger charge is 2.18. The number of thiophene rings is 1. The number of furan rings is 1. The van der Waals surface area contributed by atoms with Crippen molar-refractivity contribution in [1.29, 1.82) is 0 Å². The molecule has 1 amide bonds. The minimum Gasteiger partial charge on any atom is -0.472 e. The van der Waals surface area contributed by atoms with Gasteiger partial charge in [-0.3, -0.25) is 9.78 Å². The van der Waals surface area contributed by atoms with Crippen LogP contribution in [-0.4, -0.2) is 20.8 Å². The Morgan fingerprint density at radius 1 is 1.29 bits per heavy atom. The summed E-state index contributed by atoms with van der Waals surface area (Å²) in [7, 11) is 0. The zero-order valence-corrected chi connectivity index (χ0v) is 12.0. The van der Waals surface area contributed by atoms with Crippen LogP contribution in [0, 0.1) is 0 Å². The van der Waals surface area contributed by atoms with E-state index in [9.17, 15) is 4.79 Å². The zero-order valence-electron chi connectivity index (χ0n) is 11.2. The van der Waals surface area contributed by atoms with Gasteiger partial charge in [0.15, 0.2) is 0 Å². The molecule has 0 bridgehead atoms. The van der Waals surface area contributed by atoms with Gasteiger partial charge in [0.1, 0.15) is 5.69 Å². The van der Waals surface area contributed by atoms with Crippen molar-refractivity contribution in [2.45, 2.75) is 13.1 Å². The highest BCUT2D eigenvalue weighted by Crippen LogP contribution is 2.16. The molecular weight excluding hydrogens is 286 g/mol. The normalized spacial score (nSPS) is 10.5. The van der Waals surface area contributed by atoms with Gasteiger partial charge in [-0.05, 0) is 17.5 Å². The number of aromatic nitrogens is 2. The SMILES string of the molecule is O=C(c1cnccn1)N(Cc1ccoc1)Cc1cccs1. The van der Waals surface area contributed by atoms with Gasteiger partial charge in [-0.1, -0.05) is 6.07 Å². The van der Waals surface area contributed by atoms with Crippen LogP contribution in [0.15, 0.2) is 59.1 Å². The van der Waals surface area contributed by atoms with Gasteiger partial charge in [0.05, 0.1) is 25.3 Å². The lowest BCUT2D eigenvalue weighted by atomic mass is 10.2. The van der Waals surface area contributed by atoms with E-state index in [4.69, 9.17) is 4.42 Å². The second-order valence-corrected chi connectivity index (χ2v) is 5.50. The number of amides is 1. The zero-order chi connectivity index (χ0) is 14.5. The highest BCUT2D eigenvalue weighted by molar-refractivity contribution is 7.09. The lowest BCUT2D eigenvalue weighted by Gasteiger charge is -2.20. The number of hydrogen-bond acceptors (Lipinski definition) is 5. The summed E-state index contributed by atoms with van der Waals surface area (Å²) in [5.41, 5.74) is 1.29. The van der Waals surface area contributed by atoms with Crippen molar-refractivity contribution >= 4 is 17.2 Å². The molecule has 0 aliphatic heterocycles. The first-order valence-corrected chi connectivity index (χ1v) is 7.29. The summed E-state index contributed by atoms with van der Waals surface area (Å²) in [6, 6.07) is 5.84. The molecule has 0 aliphatic carbocycles. The quantitative estimate of drug-likeness (QED) is 0.726. The molecule has 0 unspecified atom stereocenters. The van der Waals surface area contributed by atoms with E-state index >= 15 is 0 Å². The van der Waals surface area contributed by atoms with Crippen LogP contribution in [0.25, 0.3) is 0 Å². The van der Waals surface area contributed by atoms with E-state index in [0.717, 1.165) is 10.4 Å². The molecule has 3 rings (SSSR count). The minimum absolute atomic E-state index is 0.141. The number of rotatable bonds is 5. The van der Waals surface area contributed by atoms with Gasteiger partial charge in [0.25, 0.3) is 5.91 Å². The monoisotopic (exact) mass is 299 g/mol. The number of carbonyl (C=O) groups is 1. The van der Waals surface area contributed by atoms with Gasteiger partial charge in [-0.25, -0.2) is 4.98 Å². The van der Waals surface area contributed by atoms with Gasteiger partial charge in [-0.2, -0.15) is 0 Å². The Hall–Kier alpha value is -2.47. The molecule has 0 aromatic carbocycles. The molecule has 0 saturated heterocycles. The summed E-state index contributed by atoms with van der Waals surface area (Å²) in [5, 5.41) is 2.00. The van der Waals surface area contributed by atoms with Crippen LogP contribution in [0.5, 0.6) is 0 Å². The maximum absolute atomic E-state index is 12.6. The maximum Gasteiger partial charge on any atom is 0.274 e. The molecule has 3 aromatic rings. The Bertz CT molecular complexity index is 645. The van der Waals surface area contributed by atoms with Crippen LogP contribution < -0.4 is 0 Å². The standard InChI is InChI=1S/C15H13N3O2S/c19-15(14-8-16-4-5-17-14)18(9-12-3-6-20-11-12)10-13-2-1-7-21-13/h1-8,11H,9-10H2. The Kier molecular flexibility index (Phi) is 4.07. The Balaban J connectivity index is 1.82. The molecule has 0 fully saturated rings. The molecule has 3 heterocycles. The summed E-state index contributed by atoms with van der Waals surface area (Å²) in [6.45, 7) is 1.02. The molecular formula is C15H13N3O2S. The van der Waals surface area contributed by atoms with Gasteiger partial charge in [0.2, 0.25) is 0 Å². The van der Waals surface area contributed by atoms with Gasteiger partial charge in [0, 0.05) is 29.4 Å². The summed E-state index contributed by atoms with van der Waals surface area (Å²) >= 11 is 1.62. The topological polar surface area (TPSA) is 59.2 Å². The van der Waals surface area contributed by atoms with Crippen molar-refractivity contribution in [3.8, 4) is 0 Å². The van der Waals surface area contributed by atoms with E-state index in [2.05, 4.69) is 9.97 Å². The van der Waals surface area contributed by atoms with Crippen LogP contribution in [0.1, 0.15) is 20.9 Å². The average Bonchev–Trinajstić information content (AvgIpc) is 3.20. The van der Waals surface area contributed by atoms with Crippen molar-refractivity contribution in [3.05, 3.63) is 70.8 Å². The fraction of sp³-hybridized carbons (Fsp3) is 0.133. The first-order valence-electron chi connectivity index (χ1n) is 6.41. The third-order valence-electron chi connectivity index (χ3n) is 2.95. The Morgan fingerprint density at radius 2 is 2.24 bits per heavy atom. The van der Waals surface area contributed by atoms with Crippen molar-refractivity contribution in [2.24, 2.45) is 0 Å². The van der Waals surface area contributed by atoms with Crippen LogP contribution in [0.4, 0.5) is 0 Å². The first-order chi connectivity index (χ1) is 10.3. The highest BCUT2D eigenvalue weighted by atomic mass is 32.1.